The van der Waals surface area contributed by atoms with Crippen LogP contribution in [0.1, 0.15) is 24.9 Å². The Morgan fingerprint density at radius 2 is 2.00 bits per heavy atom. The molecule has 1 atom stereocenters. The molecule has 0 spiro atoms. The van der Waals surface area contributed by atoms with Crippen LogP contribution in [0, 0.1) is 0 Å². The van der Waals surface area contributed by atoms with Gasteiger partial charge in [0.25, 0.3) is 0 Å². The molecule has 0 aliphatic rings. The lowest BCUT2D eigenvalue weighted by atomic mass is 10.1. The summed E-state index contributed by atoms with van der Waals surface area (Å²) in [4.78, 5) is 11.5. The third-order valence-electron chi connectivity index (χ3n) is 2.35. The molecule has 1 aromatic rings. The minimum absolute atomic E-state index is 0.0154. The maximum absolute atomic E-state index is 11.5. The minimum Gasteiger partial charge on any atom is -0.350 e. The molecule has 16 heavy (non-hydrogen) atoms. The zero-order chi connectivity index (χ0) is 12.0. The van der Waals surface area contributed by atoms with Crippen molar-refractivity contribution in [3.8, 4) is 0 Å². The number of carbonyl (C=O) groups is 1. The molecule has 0 aliphatic carbocycles. The normalized spacial score (nSPS) is 12.2. The average molecular weight is 241 g/mol. The van der Waals surface area contributed by atoms with Gasteiger partial charge in [-0.25, -0.2) is 0 Å². The van der Waals surface area contributed by atoms with Crippen LogP contribution >= 0.6 is 11.6 Å². The third kappa shape index (κ3) is 4.21. The molecule has 1 amide bonds. The summed E-state index contributed by atoms with van der Waals surface area (Å²) < 4.78 is 0. The van der Waals surface area contributed by atoms with Gasteiger partial charge in [-0.2, -0.15) is 0 Å². The highest BCUT2D eigenvalue weighted by Crippen LogP contribution is 2.15. The number of hydrogen-bond acceptors (Lipinski definition) is 2. The van der Waals surface area contributed by atoms with Gasteiger partial charge in [0.2, 0.25) is 5.91 Å². The van der Waals surface area contributed by atoms with E-state index in [0.29, 0.717) is 18.0 Å². The fourth-order valence-electron chi connectivity index (χ4n) is 1.39. The zero-order valence-electron chi connectivity index (χ0n) is 9.59. The third-order valence-corrected chi connectivity index (χ3v) is 2.60. The summed E-state index contributed by atoms with van der Waals surface area (Å²) >= 11 is 5.80. The van der Waals surface area contributed by atoms with E-state index < -0.39 is 0 Å². The second kappa shape index (κ2) is 6.51. The molecule has 0 heterocycles. The predicted octanol–water partition coefficient (Wildman–Crippen LogP) is 2.13. The fourth-order valence-corrected chi connectivity index (χ4v) is 1.51. The van der Waals surface area contributed by atoms with Gasteiger partial charge in [0.15, 0.2) is 0 Å². The molecule has 0 fully saturated rings. The molecule has 0 aliphatic heterocycles. The van der Waals surface area contributed by atoms with Crippen LogP contribution < -0.4 is 10.6 Å². The quantitative estimate of drug-likeness (QED) is 0.828. The first-order valence-corrected chi connectivity index (χ1v) is 5.70. The highest BCUT2D eigenvalue weighted by molar-refractivity contribution is 6.30. The van der Waals surface area contributed by atoms with Crippen molar-refractivity contribution in [1.82, 2.24) is 10.6 Å². The number of hydrogen-bond donors (Lipinski definition) is 2. The van der Waals surface area contributed by atoms with Crippen molar-refractivity contribution in [2.24, 2.45) is 0 Å². The number of halogens is 1. The summed E-state index contributed by atoms with van der Waals surface area (Å²) in [5.41, 5.74) is 1.06. The molecule has 0 saturated carbocycles. The van der Waals surface area contributed by atoms with Crippen LogP contribution in [-0.4, -0.2) is 19.5 Å². The van der Waals surface area contributed by atoms with Gasteiger partial charge >= 0.3 is 0 Å². The van der Waals surface area contributed by atoms with Crippen LogP contribution in [-0.2, 0) is 4.79 Å². The highest BCUT2D eigenvalue weighted by Gasteiger charge is 2.08. The Morgan fingerprint density at radius 1 is 1.38 bits per heavy atom. The van der Waals surface area contributed by atoms with Gasteiger partial charge in [0, 0.05) is 18.0 Å². The van der Waals surface area contributed by atoms with Crippen molar-refractivity contribution >= 4 is 17.5 Å². The molecule has 0 radical (unpaired) electrons. The molecule has 4 heteroatoms. The van der Waals surface area contributed by atoms with E-state index in [1.54, 1.807) is 0 Å². The molecular weight excluding hydrogens is 224 g/mol. The summed E-state index contributed by atoms with van der Waals surface area (Å²) in [5, 5.41) is 6.58. The summed E-state index contributed by atoms with van der Waals surface area (Å²) in [6.45, 7) is 2.65. The first kappa shape index (κ1) is 13.0. The number of carbonyl (C=O) groups excluding carboxylic acids is 1. The molecule has 0 aromatic heterocycles. The van der Waals surface area contributed by atoms with Crippen molar-refractivity contribution in [3.63, 3.8) is 0 Å². The van der Waals surface area contributed by atoms with Crippen molar-refractivity contribution in [1.29, 1.82) is 0 Å². The van der Waals surface area contributed by atoms with Gasteiger partial charge < -0.3 is 10.6 Å². The Morgan fingerprint density at radius 3 is 2.56 bits per heavy atom. The van der Waals surface area contributed by atoms with Crippen molar-refractivity contribution < 1.29 is 4.79 Å². The molecule has 3 nitrogen and oxygen atoms in total. The van der Waals surface area contributed by atoms with Gasteiger partial charge in [-0.1, -0.05) is 23.7 Å². The second-order valence-corrected chi connectivity index (χ2v) is 4.13. The summed E-state index contributed by atoms with van der Waals surface area (Å²) in [6, 6.07) is 7.51. The SMILES string of the molecule is CNCCC(=O)NC(C)c1ccc(Cl)cc1. The summed E-state index contributed by atoms with van der Waals surface area (Å²) in [6.07, 6.45) is 0.494. The molecule has 2 N–H and O–H groups in total. The van der Waals surface area contributed by atoms with E-state index in [1.165, 1.54) is 0 Å². The number of benzene rings is 1. The van der Waals surface area contributed by atoms with E-state index in [0.717, 1.165) is 5.56 Å². The monoisotopic (exact) mass is 240 g/mol. The Hall–Kier alpha value is -1.06. The number of amides is 1. The first-order valence-electron chi connectivity index (χ1n) is 5.33. The van der Waals surface area contributed by atoms with E-state index in [4.69, 9.17) is 11.6 Å². The largest absolute Gasteiger partial charge is 0.350 e. The Balaban J connectivity index is 2.48. The van der Waals surface area contributed by atoms with E-state index >= 15 is 0 Å². The molecule has 1 unspecified atom stereocenters. The van der Waals surface area contributed by atoms with E-state index in [1.807, 2.05) is 38.2 Å². The Bertz CT molecular complexity index is 337. The van der Waals surface area contributed by atoms with Gasteiger partial charge in [0.05, 0.1) is 6.04 Å². The average Bonchev–Trinajstić information content (AvgIpc) is 2.27. The Labute approximate surface area is 101 Å². The van der Waals surface area contributed by atoms with E-state index in [-0.39, 0.29) is 11.9 Å². The van der Waals surface area contributed by atoms with E-state index in [2.05, 4.69) is 10.6 Å². The molecule has 0 bridgehead atoms. The van der Waals surface area contributed by atoms with Gasteiger partial charge in [-0.3, -0.25) is 4.79 Å². The van der Waals surface area contributed by atoms with Gasteiger partial charge in [0.1, 0.15) is 0 Å². The molecular formula is C12H17ClN2O. The van der Waals surface area contributed by atoms with Crippen LogP contribution in [0.2, 0.25) is 5.02 Å². The van der Waals surface area contributed by atoms with Crippen LogP contribution in [0.15, 0.2) is 24.3 Å². The summed E-state index contributed by atoms with van der Waals surface area (Å²) in [7, 11) is 1.83. The minimum atomic E-state index is 0.0154. The maximum atomic E-state index is 11.5. The van der Waals surface area contributed by atoms with Crippen LogP contribution in [0.25, 0.3) is 0 Å². The molecule has 0 saturated heterocycles. The van der Waals surface area contributed by atoms with Crippen LogP contribution in [0.5, 0.6) is 0 Å². The standard InChI is InChI=1S/C12H17ClN2O/c1-9(15-12(16)7-8-14-2)10-3-5-11(13)6-4-10/h3-6,9,14H,7-8H2,1-2H3,(H,15,16). The topological polar surface area (TPSA) is 41.1 Å². The number of rotatable bonds is 5. The van der Waals surface area contributed by atoms with Crippen LogP contribution in [0.4, 0.5) is 0 Å². The van der Waals surface area contributed by atoms with Crippen molar-refractivity contribution in [2.75, 3.05) is 13.6 Å². The smallest absolute Gasteiger partial charge is 0.221 e. The van der Waals surface area contributed by atoms with Gasteiger partial charge in [-0.05, 0) is 31.7 Å². The molecule has 1 rings (SSSR count). The number of nitrogens with one attached hydrogen (secondary N) is 2. The lowest BCUT2D eigenvalue weighted by Gasteiger charge is -2.14. The molecule has 1 aromatic carbocycles. The first-order chi connectivity index (χ1) is 7.63. The van der Waals surface area contributed by atoms with Crippen molar-refractivity contribution in [3.05, 3.63) is 34.9 Å². The predicted molar refractivity (Wildman–Crippen MR) is 66.6 cm³/mol. The second-order valence-electron chi connectivity index (χ2n) is 3.69. The van der Waals surface area contributed by atoms with Crippen LogP contribution in [0.3, 0.4) is 0 Å². The fraction of sp³-hybridized carbons (Fsp3) is 0.417. The zero-order valence-corrected chi connectivity index (χ0v) is 10.3. The highest BCUT2D eigenvalue weighted by atomic mass is 35.5. The van der Waals surface area contributed by atoms with E-state index in [9.17, 15) is 4.79 Å². The lowest BCUT2D eigenvalue weighted by molar-refractivity contribution is -0.121. The van der Waals surface area contributed by atoms with Crippen molar-refractivity contribution in [2.45, 2.75) is 19.4 Å². The molecule has 88 valence electrons. The lowest BCUT2D eigenvalue weighted by Crippen LogP contribution is -2.28. The summed E-state index contributed by atoms with van der Waals surface area (Å²) in [5.74, 6) is 0.0526. The maximum Gasteiger partial charge on any atom is 0.221 e. The van der Waals surface area contributed by atoms with Gasteiger partial charge in [-0.15, -0.1) is 0 Å². The Kier molecular flexibility index (Phi) is 5.29.